The first kappa shape index (κ1) is 25.3. The van der Waals surface area contributed by atoms with Crippen LogP contribution in [-0.2, 0) is 5.60 Å². The molecule has 1 aromatic heterocycles. The van der Waals surface area contributed by atoms with Gasteiger partial charge in [-0.25, -0.2) is 0 Å². The SMILES string of the molecule is CCCC(C)(C)CC(CC)N=C(/C=C(\C)c1ccc(C(C)(C)O)nc1)C(F)(F)F. The monoisotopic (exact) mass is 412 g/mol. The molecule has 29 heavy (non-hydrogen) atoms. The van der Waals surface area contributed by atoms with Crippen molar-refractivity contribution in [2.45, 2.75) is 92.0 Å². The fourth-order valence-corrected chi connectivity index (χ4v) is 3.36. The van der Waals surface area contributed by atoms with E-state index in [0.717, 1.165) is 18.9 Å². The molecule has 164 valence electrons. The highest BCUT2D eigenvalue weighted by molar-refractivity contribution is 6.04. The van der Waals surface area contributed by atoms with Gasteiger partial charge in [0, 0.05) is 6.20 Å². The fourth-order valence-electron chi connectivity index (χ4n) is 3.36. The second kappa shape index (κ2) is 9.88. The molecule has 0 fully saturated rings. The molecule has 0 amide bonds. The van der Waals surface area contributed by atoms with E-state index in [1.165, 1.54) is 6.20 Å². The minimum absolute atomic E-state index is 0.0504. The molecule has 1 rings (SSSR count). The molecule has 0 aliphatic carbocycles. The van der Waals surface area contributed by atoms with Crippen molar-refractivity contribution >= 4 is 11.3 Å². The topological polar surface area (TPSA) is 45.5 Å². The number of aromatic nitrogens is 1. The number of allylic oxidation sites excluding steroid dienone is 2. The van der Waals surface area contributed by atoms with Gasteiger partial charge in [-0.05, 0) is 68.7 Å². The quantitative estimate of drug-likeness (QED) is 0.458. The summed E-state index contributed by atoms with van der Waals surface area (Å²) in [6.07, 6.45) is 1.17. The van der Waals surface area contributed by atoms with E-state index in [9.17, 15) is 18.3 Å². The van der Waals surface area contributed by atoms with Crippen LogP contribution < -0.4 is 0 Å². The van der Waals surface area contributed by atoms with Crippen molar-refractivity contribution in [1.29, 1.82) is 0 Å². The van der Waals surface area contributed by atoms with E-state index in [0.29, 0.717) is 29.7 Å². The van der Waals surface area contributed by atoms with E-state index in [1.807, 2.05) is 6.92 Å². The van der Waals surface area contributed by atoms with Crippen LogP contribution in [0.2, 0.25) is 0 Å². The van der Waals surface area contributed by atoms with Crippen LogP contribution in [0.1, 0.15) is 85.4 Å². The van der Waals surface area contributed by atoms with Gasteiger partial charge < -0.3 is 5.11 Å². The molecular weight excluding hydrogens is 377 g/mol. The summed E-state index contributed by atoms with van der Waals surface area (Å²) < 4.78 is 41.0. The van der Waals surface area contributed by atoms with Crippen molar-refractivity contribution in [2.75, 3.05) is 0 Å². The van der Waals surface area contributed by atoms with Crippen LogP contribution in [0.15, 0.2) is 29.4 Å². The third-order valence-electron chi connectivity index (χ3n) is 5.00. The number of aliphatic hydroxyl groups is 1. The number of pyridine rings is 1. The predicted molar refractivity (Wildman–Crippen MR) is 114 cm³/mol. The first-order chi connectivity index (χ1) is 13.2. The van der Waals surface area contributed by atoms with Crippen molar-refractivity contribution in [3.05, 3.63) is 35.7 Å². The molecule has 1 unspecified atom stereocenters. The molecule has 0 bridgehead atoms. The van der Waals surface area contributed by atoms with Crippen LogP contribution in [0, 0.1) is 5.41 Å². The number of hydrogen-bond acceptors (Lipinski definition) is 3. The molecule has 1 N–H and O–H groups in total. The lowest BCUT2D eigenvalue weighted by atomic mass is 9.81. The molecule has 0 aromatic carbocycles. The summed E-state index contributed by atoms with van der Waals surface area (Å²) in [7, 11) is 0. The Hall–Kier alpha value is -1.69. The summed E-state index contributed by atoms with van der Waals surface area (Å²) in [6.45, 7) is 13.0. The van der Waals surface area contributed by atoms with Crippen LogP contribution in [0.4, 0.5) is 13.2 Å². The van der Waals surface area contributed by atoms with Crippen LogP contribution in [0.3, 0.4) is 0 Å². The molecule has 3 nitrogen and oxygen atoms in total. The molecule has 0 spiro atoms. The molecule has 0 aliphatic rings. The first-order valence-electron chi connectivity index (χ1n) is 10.2. The van der Waals surface area contributed by atoms with E-state index in [4.69, 9.17) is 0 Å². The van der Waals surface area contributed by atoms with Gasteiger partial charge in [-0.1, -0.05) is 40.2 Å². The summed E-state index contributed by atoms with van der Waals surface area (Å²) in [5, 5.41) is 9.98. The fraction of sp³-hybridized carbons (Fsp3) is 0.652. The lowest BCUT2D eigenvalue weighted by Gasteiger charge is -2.27. The number of rotatable bonds is 9. The second-order valence-corrected chi connectivity index (χ2v) is 9.01. The summed E-state index contributed by atoms with van der Waals surface area (Å²) >= 11 is 0. The Kier molecular flexibility index (Phi) is 8.63. The average Bonchev–Trinajstić information content (AvgIpc) is 2.58. The third-order valence-corrected chi connectivity index (χ3v) is 5.00. The number of aliphatic imine (C=N–C) groups is 1. The molecule has 0 saturated carbocycles. The van der Waals surface area contributed by atoms with E-state index in [2.05, 4.69) is 30.7 Å². The van der Waals surface area contributed by atoms with E-state index >= 15 is 0 Å². The summed E-state index contributed by atoms with van der Waals surface area (Å²) in [5.74, 6) is 0. The van der Waals surface area contributed by atoms with Gasteiger partial charge in [-0.3, -0.25) is 9.98 Å². The summed E-state index contributed by atoms with van der Waals surface area (Å²) in [4.78, 5) is 8.28. The molecule has 6 heteroatoms. The molecule has 1 aromatic rings. The lowest BCUT2D eigenvalue weighted by molar-refractivity contribution is -0.0581. The Bertz CT molecular complexity index is 711. The summed E-state index contributed by atoms with van der Waals surface area (Å²) in [5.41, 5.74) is -0.559. The lowest BCUT2D eigenvalue weighted by Crippen LogP contribution is -2.26. The number of hydrogen-bond donors (Lipinski definition) is 1. The van der Waals surface area contributed by atoms with Gasteiger partial charge in [0.05, 0.1) is 11.7 Å². The minimum Gasteiger partial charge on any atom is -0.384 e. The molecule has 1 atom stereocenters. The van der Waals surface area contributed by atoms with Crippen molar-refractivity contribution in [3.8, 4) is 0 Å². The highest BCUT2D eigenvalue weighted by Crippen LogP contribution is 2.31. The van der Waals surface area contributed by atoms with Gasteiger partial charge in [-0.15, -0.1) is 0 Å². The maximum Gasteiger partial charge on any atom is 0.432 e. The Morgan fingerprint density at radius 3 is 2.21 bits per heavy atom. The average molecular weight is 413 g/mol. The minimum atomic E-state index is -4.52. The van der Waals surface area contributed by atoms with Crippen molar-refractivity contribution in [2.24, 2.45) is 10.4 Å². The second-order valence-electron chi connectivity index (χ2n) is 9.01. The van der Waals surface area contributed by atoms with Gasteiger partial charge in [-0.2, -0.15) is 13.2 Å². The Morgan fingerprint density at radius 2 is 1.79 bits per heavy atom. The molecule has 0 aliphatic heterocycles. The van der Waals surface area contributed by atoms with Gasteiger partial charge in [0.15, 0.2) is 0 Å². The smallest absolute Gasteiger partial charge is 0.384 e. The van der Waals surface area contributed by atoms with Crippen LogP contribution in [0.25, 0.3) is 5.57 Å². The molecule has 0 saturated heterocycles. The van der Waals surface area contributed by atoms with Crippen LogP contribution >= 0.6 is 0 Å². The highest BCUT2D eigenvalue weighted by Gasteiger charge is 2.35. The van der Waals surface area contributed by atoms with Crippen LogP contribution in [0.5, 0.6) is 0 Å². The molecular formula is C23H35F3N2O. The van der Waals surface area contributed by atoms with Gasteiger partial charge in [0.25, 0.3) is 0 Å². The van der Waals surface area contributed by atoms with Crippen LogP contribution in [-0.4, -0.2) is 28.0 Å². The van der Waals surface area contributed by atoms with Crippen molar-refractivity contribution in [3.63, 3.8) is 0 Å². The zero-order chi connectivity index (χ0) is 22.5. The van der Waals surface area contributed by atoms with Crippen molar-refractivity contribution in [1.82, 2.24) is 4.98 Å². The van der Waals surface area contributed by atoms with Gasteiger partial charge in [0.2, 0.25) is 0 Å². The zero-order valence-electron chi connectivity index (χ0n) is 18.7. The zero-order valence-corrected chi connectivity index (χ0v) is 18.7. The predicted octanol–water partition coefficient (Wildman–Crippen LogP) is 6.71. The largest absolute Gasteiger partial charge is 0.432 e. The van der Waals surface area contributed by atoms with Gasteiger partial charge >= 0.3 is 6.18 Å². The van der Waals surface area contributed by atoms with Gasteiger partial charge in [0.1, 0.15) is 11.3 Å². The number of nitrogens with zero attached hydrogens (tertiary/aromatic N) is 2. The molecule has 1 heterocycles. The third kappa shape index (κ3) is 8.29. The number of halogens is 3. The molecule has 0 radical (unpaired) electrons. The highest BCUT2D eigenvalue weighted by atomic mass is 19.4. The van der Waals surface area contributed by atoms with E-state index in [1.54, 1.807) is 32.9 Å². The van der Waals surface area contributed by atoms with E-state index in [-0.39, 0.29) is 11.5 Å². The standard InChI is InChI=1S/C23H35F3N2O/c1-8-12-21(4,5)14-18(9-2)28-20(23(24,25)26)13-16(3)17-10-11-19(27-15-17)22(6,7)29/h10-11,13,15,18,29H,8-9,12,14H2,1-7H3/b16-13+,28-20?. The normalized spacial score (nSPS) is 15.6. The number of alkyl halides is 3. The summed E-state index contributed by atoms with van der Waals surface area (Å²) in [6, 6.07) is 2.91. The van der Waals surface area contributed by atoms with Crippen molar-refractivity contribution < 1.29 is 18.3 Å². The maximum atomic E-state index is 13.7. The maximum absolute atomic E-state index is 13.7. The Labute approximate surface area is 173 Å². The van der Waals surface area contributed by atoms with E-state index < -0.39 is 17.5 Å². The first-order valence-corrected chi connectivity index (χ1v) is 10.2. The Morgan fingerprint density at radius 1 is 1.17 bits per heavy atom. The Balaban J connectivity index is 3.21.